The fraction of sp³-hybridized carbons (Fsp3) is 0.385. The zero-order valence-electron chi connectivity index (χ0n) is 21.9. The lowest BCUT2D eigenvalue weighted by Gasteiger charge is -2.39. The molecule has 5 N–H and O–H groups in total. The number of nitrogens with two attached hydrogens (primary N) is 2. The van der Waals surface area contributed by atoms with Gasteiger partial charge in [-0.1, -0.05) is 18.2 Å². The topological polar surface area (TPSA) is 176 Å². The van der Waals surface area contributed by atoms with Crippen molar-refractivity contribution in [2.45, 2.75) is 42.1 Å². The third-order valence-corrected chi connectivity index (χ3v) is 8.45. The number of nitrogens with one attached hydrogen (secondary N) is 1. The van der Waals surface area contributed by atoms with Crippen LogP contribution in [0.1, 0.15) is 37.3 Å². The Labute approximate surface area is 226 Å². The van der Waals surface area contributed by atoms with Crippen molar-refractivity contribution in [1.82, 2.24) is 24.4 Å². The highest BCUT2D eigenvalue weighted by atomic mass is 32.2. The summed E-state index contributed by atoms with van der Waals surface area (Å²) >= 11 is 0. The van der Waals surface area contributed by atoms with Gasteiger partial charge in [-0.25, -0.2) is 18.1 Å². The molecule has 39 heavy (non-hydrogen) atoms. The second-order valence-corrected chi connectivity index (χ2v) is 11.8. The van der Waals surface area contributed by atoms with Gasteiger partial charge in [0.05, 0.1) is 37.0 Å². The van der Waals surface area contributed by atoms with E-state index in [4.69, 9.17) is 31.3 Å². The van der Waals surface area contributed by atoms with Crippen LogP contribution in [0.3, 0.4) is 0 Å². The number of rotatable bonds is 9. The lowest BCUT2D eigenvalue weighted by molar-refractivity contribution is -0.0425. The van der Waals surface area contributed by atoms with Gasteiger partial charge in [0, 0.05) is 36.6 Å². The SMILES string of the molecule is COCCOC1(C(=N)N)CCC(c2nc3c(-c4cnn(-c5ccccc5)c4)cnn3c(N)c2S(C)(=O)=O)CC1. The smallest absolute Gasteiger partial charge is 0.180 e. The number of aromatic nitrogens is 5. The molecule has 12 nitrogen and oxygen atoms in total. The number of methoxy groups -OCH3 is 1. The maximum atomic E-state index is 12.9. The molecule has 0 saturated heterocycles. The van der Waals surface area contributed by atoms with Crippen molar-refractivity contribution in [1.29, 1.82) is 5.41 Å². The van der Waals surface area contributed by atoms with E-state index in [-0.39, 0.29) is 22.5 Å². The van der Waals surface area contributed by atoms with E-state index in [1.165, 1.54) is 4.52 Å². The molecule has 0 atom stereocenters. The Morgan fingerprint density at radius 3 is 2.51 bits per heavy atom. The van der Waals surface area contributed by atoms with Crippen LogP contribution in [0.15, 0.2) is 53.8 Å². The van der Waals surface area contributed by atoms with Gasteiger partial charge in [-0.15, -0.1) is 0 Å². The van der Waals surface area contributed by atoms with Crippen LogP contribution >= 0.6 is 0 Å². The summed E-state index contributed by atoms with van der Waals surface area (Å²) in [5.74, 6) is -0.258. The first-order valence-corrected chi connectivity index (χ1v) is 14.5. The van der Waals surface area contributed by atoms with Gasteiger partial charge >= 0.3 is 0 Å². The third-order valence-electron chi connectivity index (χ3n) is 7.29. The number of nitrogens with zero attached hydrogens (tertiary/aromatic N) is 5. The number of anilines is 1. The van der Waals surface area contributed by atoms with Gasteiger partial charge in [-0.05, 0) is 37.8 Å². The van der Waals surface area contributed by atoms with E-state index >= 15 is 0 Å². The molecule has 1 aliphatic carbocycles. The van der Waals surface area contributed by atoms with Crippen molar-refractivity contribution >= 4 is 27.1 Å². The molecule has 5 rings (SSSR count). The summed E-state index contributed by atoms with van der Waals surface area (Å²) in [5.41, 5.74) is 14.7. The van der Waals surface area contributed by atoms with E-state index in [1.807, 2.05) is 36.5 Å². The van der Waals surface area contributed by atoms with Crippen molar-refractivity contribution in [3.8, 4) is 16.8 Å². The zero-order chi connectivity index (χ0) is 27.8. The predicted octanol–water partition coefficient (Wildman–Crippen LogP) is 2.56. The van der Waals surface area contributed by atoms with E-state index in [9.17, 15) is 8.42 Å². The van der Waals surface area contributed by atoms with Gasteiger partial charge in [-0.2, -0.15) is 14.7 Å². The molecule has 1 aliphatic rings. The molecule has 0 bridgehead atoms. The standard InChI is InChI=1S/C26H32N8O4S/c1-37-12-13-38-26(25(28)29)10-8-17(9-11-26)21-22(39(2,35)36)23(27)34-24(32-21)20(15-31-34)18-14-30-33(16-18)19-6-4-3-5-7-19/h3-7,14-17H,8-13,27H2,1-2H3,(H3,28,29). The van der Waals surface area contributed by atoms with Crippen molar-refractivity contribution in [3.63, 3.8) is 0 Å². The van der Waals surface area contributed by atoms with E-state index in [0.29, 0.717) is 55.8 Å². The largest absolute Gasteiger partial charge is 0.385 e. The Morgan fingerprint density at radius 1 is 1.15 bits per heavy atom. The summed E-state index contributed by atoms with van der Waals surface area (Å²) < 4.78 is 40.1. The Morgan fingerprint density at radius 2 is 1.87 bits per heavy atom. The molecule has 1 saturated carbocycles. The van der Waals surface area contributed by atoms with Crippen molar-refractivity contribution < 1.29 is 17.9 Å². The van der Waals surface area contributed by atoms with Crippen LogP contribution in [-0.4, -0.2) is 70.8 Å². The zero-order valence-corrected chi connectivity index (χ0v) is 22.7. The second kappa shape index (κ2) is 10.4. The summed E-state index contributed by atoms with van der Waals surface area (Å²) in [7, 11) is -2.15. The first kappa shape index (κ1) is 26.8. The first-order chi connectivity index (χ1) is 18.6. The molecule has 0 radical (unpaired) electrons. The number of hydrogen-bond acceptors (Lipinski definition) is 9. The Hall–Kier alpha value is -3.81. The molecule has 4 aromatic rings. The minimum atomic E-state index is -3.73. The average Bonchev–Trinajstić information content (AvgIpc) is 3.56. The van der Waals surface area contributed by atoms with Gasteiger partial charge in [0.15, 0.2) is 15.5 Å². The van der Waals surface area contributed by atoms with Crippen molar-refractivity contribution in [3.05, 3.63) is 54.6 Å². The number of benzene rings is 1. The molecular formula is C26H32N8O4S. The molecule has 1 aromatic carbocycles. The van der Waals surface area contributed by atoms with Crippen molar-refractivity contribution in [2.75, 3.05) is 32.3 Å². The number of hydrogen-bond donors (Lipinski definition) is 3. The van der Waals surface area contributed by atoms with Crippen LogP contribution in [0.25, 0.3) is 22.5 Å². The van der Waals surface area contributed by atoms with E-state index < -0.39 is 15.4 Å². The van der Waals surface area contributed by atoms with Crippen LogP contribution in [0, 0.1) is 5.41 Å². The van der Waals surface area contributed by atoms with Crippen LogP contribution in [0.2, 0.25) is 0 Å². The van der Waals surface area contributed by atoms with Gasteiger partial charge in [-0.3, -0.25) is 5.41 Å². The fourth-order valence-electron chi connectivity index (χ4n) is 5.23. The molecule has 3 heterocycles. The van der Waals surface area contributed by atoms with Crippen molar-refractivity contribution in [2.24, 2.45) is 5.73 Å². The second-order valence-electron chi connectivity index (χ2n) is 9.81. The molecule has 3 aromatic heterocycles. The highest BCUT2D eigenvalue weighted by Crippen LogP contribution is 2.43. The van der Waals surface area contributed by atoms with E-state index in [0.717, 1.165) is 17.5 Å². The molecule has 0 spiro atoms. The summed E-state index contributed by atoms with van der Waals surface area (Å²) in [6, 6.07) is 9.69. The molecule has 1 fully saturated rings. The highest BCUT2D eigenvalue weighted by molar-refractivity contribution is 7.91. The number of nitrogen functional groups attached to an aromatic ring is 1. The third kappa shape index (κ3) is 5.00. The van der Waals surface area contributed by atoms with Crippen LogP contribution in [0.5, 0.6) is 0 Å². The summed E-state index contributed by atoms with van der Waals surface area (Å²) in [6.07, 6.45) is 8.26. The molecule has 0 amide bonds. The summed E-state index contributed by atoms with van der Waals surface area (Å²) in [5, 5.41) is 17.0. The summed E-state index contributed by atoms with van der Waals surface area (Å²) in [4.78, 5) is 4.85. The monoisotopic (exact) mass is 552 g/mol. The number of para-hydroxylation sites is 1. The first-order valence-electron chi connectivity index (χ1n) is 12.6. The minimum Gasteiger partial charge on any atom is -0.385 e. The summed E-state index contributed by atoms with van der Waals surface area (Å²) in [6.45, 7) is 0.693. The quantitative estimate of drug-likeness (QED) is 0.160. The maximum Gasteiger partial charge on any atom is 0.180 e. The van der Waals surface area contributed by atoms with Crippen LogP contribution in [-0.2, 0) is 19.3 Å². The molecule has 0 unspecified atom stereocenters. The predicted molar refractivity (Wildman–Crippen MR) is 147 cm³/mol. The molecule has 206 valence electrons. The lowest BCUT2D eigenvalue weighted by Crippen LogP contribution is -2.49. The highest BCUT2D eigenvalue weighted by Gasteiger charge is 2.41. The van der Waals surface area contributed by atoms with E-state index in [1.54, 1.807) is 24.2 Å². The fourth-order valence-corrected chi connectivity index (χ4v) is 6.29. The number of ether oxygens (including phenoxy) is 2. The molecular weight excluding hydrogens is 520 g/mol. The van der Waals surface area contributed by atoms with Gasteiger partial charge in [0.2, 0.25) is 0 Å². The molecule has 0 aliphatic heterocycles. The lowest BCUT2D eigenvalue weighted by atomic mass is 9.76. The Kier molecular flexibility index (Phi) is 7.14. The normalized spacial score (nSPS) is 19.9. The Balaban J connectivity index is 1.54. The number of fused-ring (bicyclic) bond motifs is 1. The van der Waals surface area contributed by atoms with Gasteiger partial charge in [0.1, 0.15) is 22.2 Å². The van der Waals surface area contributed by atoms with Crippen LogP contribution in [0.4, 0.5) is 5.82 Å². The van der Waals surface area contributed by atoms with Gasteiger partial charge < -0.3 is 20.9 Å². The molecule has 13 heteroatoms. The number of amidine groups is 1. The number of sulfone groups is 1. The average molecular weight is 553 g/mol. The minimum absolute atomic E-state index is 0.0129. The maximum absolute atomic E-state index is 12.9. The van der Waals surface area contributed by atoms with Crippen LogP contribution < -0.4 is 11.5 Å². The Bertz CT molecular complexity index is 1610. The van der Waals surface area contributed by atoms with E-state index in [2.05, 4.69) is 10.2 Å². The van der Waals surface area contributed by atoms with Gasteiger partial charge in [0.25, 0.3) is 0 Å².